The zero-order valence-electron chi connectivity index (χ0n) is 18.8. The molecule has 1 heterocycles. The minimum Gasteiger partial charge on any atom is -0.429 e. The first kappa shape index (κ1) is 24.6. The molecule has 1 saturated heterocycles. The van der Waals surface area contributed by atoms with Gasteiger partial charge in [-0.2, -0.15) is 8.78 Å². The van der Waals surface area contributed by atoms with E-state index in [9.17, 15) is 30.7 Å². The summed E-state index contributed by atoms with van der Waals surface area (Å²) in [5.41, 5.74) is -0.423. The second-order valence-electron chi connectivity index (χ2n) is 9.25. The van der Waals surface area contributed by atoms with Gasteiger partial charge in [-0.05, 0) is 66.3 Å². The number of hydrogen-bond acceptors (Lipinski definition) is 2. The maximum Gasteiger partial charge on any atom is 0.432 e. The Morgan fingerprint density at radius 2 is 1.28 bits per heavy atom. The van der Waals surface area contributed by atoms with Crippen LogP contribution >= 0.6 is 0 Å². The molecule has 1 saturated carbocycles. The Bertz CT molecular complexity index is 1220. The molecule has 2 aliphatic rings. The van der Waals surface area contributed by atoms with E-state index < -0.39 is 46.5 Å². The van der Waals surface area contributed by atoms with E-state index in [-0.39, 0.29) is 23.8 Å². The molecule has 190 valence electrons. The lowest BCUT2D eigenvalue weighted by Gasteiger charge is -2.29. The Kier molecular flexibility index (Phi) is 6.44. The summed E-state index contributed by atoms with van der Waals surface area (Å²) in [6.07, 6.45) is -0.203. The van der Waals surface area contributed by atoms with Crippen LogP contribution in [0.4, 0.5) is 30.7 Å². The lowest BCUT2D eigenvalue weighted by atomic mass is 9.91. The molecule has 2 atom stereocenters. The zero-order chi connectivity index (χ0) is 25.6. The summed E-state index contributed by atoms with van der Waals surface area (Å²) in [6.45, 7) is 0.711. The normalized spacial score (nSPS) is 20.4. The van der Waals surface area contributed by atoms with Crippen molar-refractivity contribution in [3.05, 3.63) is 88.7 Å². The van der Waals surface area contributed by atoms with Gasteiger partial charge in [-0.3, -0.25) is 0 Å². The monoisotopic (exact) mass is 510 g/mol. The molecule has 2 nitrogen and oxygen atoms in total. The molecular weight excluding hydrogens is 489 g/mol. The van der Waals surface area contributed by atoms with Crippen LogP contribution in [-0.4, -0.2) is 6.61 Å². The highest BCUT2D eigenvalue weighted by atomic mass is 19.3. The Morgan fingerprint density at radius 1 is 0.694 bits per heavy atom. The molecule has 0 bridgehead atoms. The van der Waals surface area contributed by atoms with E-state index in [1.807, 2.05) is 0 Å². The molecule has 0 aromatic heterocycles. The molecule has 3 aromatic rings. The zero-order valence-corrected chi connectivity index (χ0v) is 18.8. The van der Waals surface area contributed by atoms with Gasteiger partial charge < -0.3 is 9.47 Å². The van der Waals surface area contributed by atoms with Gasteiger partial charge in [0.15, 0.2) is 17.5 Å². The Hall–Kier alpha value is -3.07. The first-order valence-corrected chi connectivity index (χ1v) is 11.5. The van der Waals surface area contributed by atoms with Crippen LogP contribution in [0.1, 0.15) is 42.9 Å². The van der Waals surface area contributed by atoms with Gasteiger partial charge in [0, 0.05) is 12.1 Å². The van der Waals surface area contributed by atoms with Crippen molar-refractivity contribution in [2.45, 2.75) is 37.9 Å². The lowest BCUT2D eigenvalue weighted by molar-refractivity contribution is -0.189. The maximum absolute atomic E-state index is 14.7. The summed E-state index contributed by atoms with van der Waals surface area (Å²) < 4.78 is 108. The van der Waals surface area contributed by atoms with E-state index in [2.05, 4.69) is 4.74 Å². The van der Waals surface area contributed by atoms with Crippen molar-refractivity contribution in [3.8, 4) is 16.9 Å². The molecule has 0 radical (unpaired) electrons. The fourth-order valence-electron chi connectivity index (χ4n) is 4.67. The molecule has 1 aliphatic carbocycles. The lowest BCUT2D eigenvalue weighted by Crippen LogP contribution is -2.25. The molecule has 3 aromatic carbocycles. The summed E-state index contributed by atoms with van der Waals surface area (Å²) >= 11 is 0. The number of hydrogen-bond donors (Lipinski definition) is 0. The highest BCUT2D eigenvalue weighted by molar-refractivity contribution is 5.64. The summed E-state index contributed by atoms with van der Waals surface area (Å²) in [5, 5.41) is 0. The van der Waals surface area contributed by atoms with Gasteiger partial charge in [-0.1, -0.05) is 24.3 Å². The van der Waals surface area contributed by atoms with Crippen molar-refractivity contribution in [1.82, 2.24) is 0 Å². The highest BCUT2D eigenvalue weighted by Gasteiger charge is 2.41. The van der Waals surface area contributed by atoms with Crippen molar-refractivity contribution in [2.24, 2.45) is 11.8 Å². The molecule has 1 aliphatic heterocycles. The summed E-state index contributed by atoms with van der Waals surface area (Å²) in [5.74, 6) is -8.47. The standard InChI is InChI=1S/C27H21F7O2/c28-20-9-18(15-3-5-16(6-4-15)24-8-7-17(13-35-24)14-1-2-14)10-21(29)25(20)27(33,34)36-19-11-22(30)26(32)23(31)12-19/h3-6,9-12,14,17,24H,1-2,7-8,13H2. The molecule has 2 unspecified atom stereocenters. The number of benzene rings is 3. The van der Waals surface area contributed by atoms with Crippen LogP contribution in [0.25, 0.3) is 11.1 Å². The Labute approximate surface area is 202 Å². The van der Waals surface area contributed by atoms with Crippen LogP contribution in [-0.2, 0) is 10.8 Å². The third-order valence-electron chi connectivity index (χ3n) is 6.75. The molecular formula is C27H21F7O2. The van der Waals surface area contributed by atoms with Crippen LogP contribution in [0.15, 0.2) is 48.5 Å². The number of alkyl halides is 2. The average Bonchev–Trinajstić information content (AvgIpc) is 3.67. The van der Waals surface area contributed by atoms with Crippen molar-refractivity contribution in [3.63, 3.8) is 0 Å². The quantitative estimate of drug-likeness (QED) is 0.247. The summed E-state index contributed by atoms with van der Waals surface area (Å²) in [4.78, 5) is 0. The predicted octanol–water partition coefficient (Wildman–Crippen LogP) is 8.06. The van der Waals surface area contributed by atoms with Gasteiger partial charge >= 0.3 is 6.11 Å². The van der Waals surface area contributed by atoms with Gasteiger partial charge in [-0.25, -0.2) is 22.0 Å². The van der Waals surface area contributed by atoms with Crippen LogP contribution in [0.5, 0.6) is 5.75 Å². The summed E-state index contributed by atoms with van der Waals surface area (Å²) in [6, 6.07) is 8.53. The number of rotatable bonds is 6. The summed E-state index contributed by atoms with van der Waals surface area (Å²) in [7, 11) is 0. The van der Waals surface area contributed by atoms with E-state index in [0.29, 0.717) is 30.2 Å². The Balaban J connectivity index is 1.33. The molecule has 36 heavy (non-hydrogen) atoms. The van der Waals surface area contributed by atoms with Crippen LogP contribution in [0.3, 0.4) is 0 Å². The molecule has 5 rings (SSSR count). The first-order valence-electron chi connectivity index (χ1n) is 11.5. The third kappa shape index (κ3) is 4.93. The van der Waals surface area contributed by atoms with E-state index in [4.69, 9.17) is 4.74 Å². The molecule has 2 fully saturated rings. The van der Waals surface area contributed by atoms with Crippen molar-refractivity contribution < 1.29 is 40.2 Å². The van der Waals surface area contributed by atoms with E-state index in [1.165, 1.54) is 12.8 Å². The minimum absolute atomic E-state index is 0.00771. The SMILES string of the molecule is Fc1cc(OC(F)(F)c2c(F)cc(-c3ccc(C4CCC(C5CC5)CO4)cc3)cc2F)cc(F)c1F. The van der Waals surface area contributed by atoms with Crippen molar-refractivity contribution in [2.75, 3.05) is 6.61 Å². The molecule has 9 heteroatoms. The average molecular weight is 510 g/mol. The van der Waals surface area contributed by atoms with E-state index in [0.717, 1.165) is 24.3 Å². The number of halogens is 7. The second-order valence-corrected chi connectivity index (χ2v) is 9.25. The van der Waals surface area contributed by atoms with Crippen LogP contribution < -0.4 is 4.74 Å². The number of ether oxygens (including phenoxy) is 2. The van der Waals surface area contributed by atoms with Gasteiger partial charge in [0.2, 0.25) is 0 Å². The fourth-order valence-corrected chi connectivity index (χ4v) is 4.67. The molecule has 0 amide bonds. The van der Waals surface area contributed by atoms with E-state index >= 15 is 0 Å². The highest BCUT2D eigenvalue weighted by Crippen LogP contribution is 2.44. The largest absolute Gasteiger partial charge is 0.432 e. The van der Waals surface area contributed by atoms with Crippen molar-refractivity contribution in [1.29, 1.82) is 0 Å². The van der Waals surface area contributed by atoms with Crippen molar-refractivity contribution >= 4 is 0 Å². The van der Waals surface area contributed by atoms with E-state index in [1.54, 1.807) is 24.3 Å². The smallest absolute Gasteiger partial charge is 0.429 e. The molecule has 0 spiro atoms. The van der Waals surface area contributed by atoms with Crippen LogP contribution in [0, 0.1) is 40.9 Å². The third-order valence-corrected chi connectivity index (χ3v) is 6.75. The maximum atomic E-state index is 14.7. The first-order chi connectivity index (χ1) is 17.1. The minimum atomic E-state index is -4.64. The van der Waals surface area contributed by atoms with Gasteiger partial charge in [-0.15, -0.1) is 0 Å². The van der Waals surface area contributed by atoms with Crippen LogP contribution in [0.2, 0.25) is 0 Å². The van der Waals surface area contributed by atoms with Gasteiger partial charge in [0.25, 0.3) is 0 Å². The molecule has 0 N–H and O–H groups in total. The van der Waals surface area contributed by atoms with Gasteiger partial charge in [0.1, 0.15) is 22.9 Å². The second kappa shape index (κ2) is 9.42. The van der Waals surface area contributed by atoms with Gasteiger partial charge in [0.05, 0.1) is 12.7 Å². The predicted molar refractivity (Wildman–Crippen MR) is 117 cm³/mol. The topological polar surface area (TPSA) is 18.5 Å². The fraction of sp³-hybridized carbons (Fsp3) is 0.333. The Morgan fingerprint density at radius 3 is 1.81 bits per heavy atom.